The molecule has 0 unspecified atom stereocenters. The summed E-state index contributed by atoms with van der Waals surface area (Å²) >= 11 is 0. The molecule has 17 heavy (non-hydrogen) atoms. The van der Waals surface area contributed by atoms with E-state index in [0.717, 1.165) is 22.5 Å². The molecule has 1 heterocycles. The van der Waals surface area contributed by atoms with Gasteiger partial charge in [0.15, 0.2) is 5.82 Å². The molecular weight excluding hydrogens is 216 g/mol. The zero-order chi connectivity index (χ0) is 12.4. The van der Waals surface area contributed by atoms with Crippen molar-refractivity contribution in [1.29, 1.82) is 0 Å². The second kappa shape index (κ2) is 4.55. The first-order valence-electron chi connectivity index (χ1n) is 5.48. The molecule has 3 N–H and O–H groups in total. The lowest BCUT2D eigenvalue weighted by molar-refractivity contribution is 0.415. The SMILES string of the molecule is COc1ccc2c(NN)nc(C(C)C)nc2c1. The molecule has 0 fully saturated rings. The van der Waals surface area contributed by atoms with Gasteiger partial charge in [-0.2, -0.15) is 0 Å². The van der Waals surface area contributed by atoms with Gasteiger partial charge in [0.05, 0.1) is 12.6 Å². The maximum absolute atomic E-state index is 5.48. The zero-order valence-electron chi connectivity index (χ0n) is 10.2. The number of aromatic nitrogens is 2. The van der Waals surface area contributed by atoms with Crippen LogP contribution < -0.4 is 16.0 Å². The van der Waals surface area contributed by atoms with Crippen LogP contribution in [0.5, 0.6) is 5.75 Å². The monoisotopic (exact) mass is 232 g/mol. The lowest BCUT2D eigenvalue weighted by Gasteiger charge is -2.10. The van der Waals surface area contributed by atoms with E-state index >= 15 is 0 Å². The summed E-state index contributed by atoms with van der Waals surface area (Å²) in [6.45, 7) is 4.09. The molecule has 0 amide bonds. The molecule has 0 radical (unpaired) electrons. The summed E-state index contributed by atoms with van der Waals surface area (Å²) in [5.41, 5.74) is 3.44. The Bertz CT molecular complexity index is 539. The third-order valence-electron chi connectivity index (χ3n) is 2.57. The van der Waals surface area contributed by atoms with E-state index in [1.54, 1.807) is 7.11 Å². The predicted molar refractivity (Wildman–Crippen MR) is 68.0 cm³/mol. The van der Waals surface area contributed by atoms with Crippen molar-refractivity contribution >= 4 is 16.7 Å². The molecule has 0 aliphatic heterocycles. The van der Waals surface area contributed by atoms with Crippen molar-refractivity contribution in [1.82, 2.24) is 9.97 Å². The Morgan fingerprint density at radius 1 is 1.29 bits per heavy atom. The largest absolute Gasteiger partial charge is 0.497 e. The van der Waals surface area contributed by atoms with Crippen molar-refractivity contribution in [2.45, 2.75) is 19.8 Å². The Morgan fingerprint density at radius 2 is 2.06 bits per heavy atom. The molecule has 5 heteroatoms. The zero-order valence-corrected chi connectivity index (χ0v) is 10.2. The van der Waals surface area contributed by atoms with Gasteiger partial charge in [-0.3, -0.25) is 0 Å². The number of hydrogen-bond acceptors (Lipinski definition) is 5. The molecule has 5 nitrogen and oxygen atoms in total. The fourth-order valence-electron chi connectivity index (χ4n) is 1.62. The summed E-state index contributed by atoms with van der Waals surface area (Å²) in [5.74, 6) is 7.91. The Morgan fingerprint density at radius 3 is 2.65 bits per heavy atom. The van der Waals surface area contributed by atoms with Crippen molar-refractivity contribution in [3.05, 3.63) is 24.0 Å². The molecule has 0 atom stereocenters. The van der Waals surface area contributed by atoms with E-state index in [1.807, 2.05) is 32.0 Å². The fourth-order valence-corrected chi connectivity index (χ4v) is 1.62. The van der Waals surface area contributed by atoms with Gasteiger partial charge in [0.1, 0.15) is 11.6 Å². The quantitative estimate of drug-likeness (QED) is 0.626. The second-order valence-corrected chi connectivity index (χ2v) is 4.11. The maximum Gasteiger partial charge on any atom is 0.151 e. The average Bonchev–Trinajstić information content (AvgIpc) is 2.36. The van der Waals surface area contributed by atoms with Gasteiger partial charge in [0, 0.05) is 17.4 Å². The standard InChI is InChI=1S/C12H16N4O/c1-7(2)11-14-10-6-8(17-3)4-5-9(10)12(15-11)16-13/h4-7H,13H2,1-3H3,(H,14,15,16). The van der Waals surface area contributed by atoms with E-state index in [9.17, 15) is 0 Å². The van der Waals surface area contributed by atoms with Crippen LogP contribution in [0.2, 0.25) is 0 Å². The number of benzene rings is 1. The van der Waals surface area contributed by atoms with Crippen molar-refractivity contribution in [2.75, 3.05) is 12.5 Å². The highest BCUT2D eigenvalue weighted by Gasteiger charge is 2.10. The summed E-state index contributed by atoms with van der Waals surface area (Å²) in [4.78, 5) is 8.89. The van der Waals surface area contributed by atoms with Crippen LogP contribution in [0.15, 0.2) is 18.2 Å². The number of nitrogens with one attached hydrogen (secondary N) is 1. The molecule has 2 rings (SSSR count). The number of nitrogens with two attached hydrogens (primary N) is 1. The minimum atomic E-state index is 0.248. The molecule has 1 aromatic heterocycles. The highest BCUT2D eigenvalue weighted by molar-refractivity contribution is 5.89. The molecular formula is C12H16N4O. The number of rotatable bonds is 3. The van der Waals surface area contributed by atoms with Crippen molar-refractivity contribution in [3.63, 3.8) is 0 Å². The average molecular weight is 232 g/mol. The van der Waals surface area contributed by atoms with Gasteiger partial charge in [0.25, 0.3) is 0 Å². The van der Waals surface area contributed by atoms with Crippen LogP contribution in [0.1, 0.15) is 25.6 Å². The third-order valence-corrected chi connectivity index (χ3v) is 2.57. The van der Waals surface area contributed by atoms with Crippen molar-refractivity contribution in [3.8, 4) is 5.75 Å². The van der Waals surface area contributed by atoms with Gasteiger partial charge < -0.3 is 10.2 Å². The first-order chi connectivity index (χ1) is 8.15. The number of ether oxygens (including phenoxy) is 1. The number of hydrazine groups is 1. The van der Waals surface area contributed by atoms with Crippen molar-refractivity contribution in [2.24, 2.45) is 5.84 Å². The van der Waals surface area contributed by atoms with Crippen LogP contribution in [0.4, 0.5) is 5.82 Å². The smallest absolute Gasteiger partial charge is 0.151 e. The molecule has 2 aromatic rings. The molecule has 1 aromatic carbocycles. The Labute approximate surface area is 100.0 Å². The van der Waals surface area contributed by atoms with E-state index in [0.29, 0.717) is 5.82 Å². The van der Waals surface area contributed by atoms with Crippen LogP contribution in [0.25, 0.3) is 10.9 Å². The predicted octanol–water partition coefficient (Wildman–Crippen LogP) is 2.05. The molecule has 0 saturated carbocycles. The molecule has 0 saturated heterocycles. The highest BCUT2D eigenvalue weighted by Crippen LogP contribution is 2.25. The van der Waals surface area contributed by atoms with Gasteiger partial charge in [-0.05, 0) is 12.1 Å². The summed E-state index contributed by atoms with van der Waals surface area (Å²) in [6.07, 6.45) is 0. The topological polar surface area (TPSA) is 73.1 Å². The number of hydrogen-bond donors (Lipinski definition) is 2. The lowest BCUT2D eigenvalue weighted by Crippen LogP contribution is -2.11. The maximum atomic E-state index is 5.48. The van der Waals surface area contributed by atoms with E-state index in [-0.39, 0.29) is 5.92 Å². The van der Waals surface area contributed by atoms with E-state index in [2.05, 4.69) is 15.4 Å². The van der Waals surface area contributed by atoms with Gasteiger partial charge in [-0.15, -0.1) is 0 Å². The third kappa shape index (κ3) is 2.14. The summed E-state index contributed by atoms with van der Waals surface area (Å²) < 4.78 is 5.18. The minimum absolute atomic E-state index is 0.248. The Hall–Kier alpha value is -1.88. The van der Waals surface area contributed by atoms with Crippen LogP contribution in [-0.4, -0.2) is 17.1 Å². The van der Waals surface area contributed by atoms with Crippen LogP contribution in [0, 0.1) is 0 Å². The highest BCUT2D eigenvalue weighted by atomic mass is 16.5. The Balaban J connectivity index is 2.69. The van der Waals surface area contributed by atoms with Gasteiger partial charge in [0.2, 0.25) is 0 Å². The number of nitrogen functional groups attached to an aromatic ring is 1. The first kappa shape index (κ1) is 11.6. The van der Waals surface area contributed by atoms with Gasteiger partial charge in [-0.25, -0.2) is 15.8 Å². The van der Waals surface area contributed by atoms with E-state index < -0.39 is 0 Å². The molecule has 90 valence electrons. The van der Waals surface area contributed by atoms with E-state index in [4.69, 9.17) is 10.6 Å². The van der Waals surface area contributed by atoms with Crippen LogP contribution in [-0.2, 0) is 0 Å². The van der Waals surface area contributed by atoms with Gasteiger partial charge >= 0.3 is 0 Å². The summed E-state index contributed by atoms with van der Waals surface area (Å²) in [6, 6.07) is 5.64. The number of nitrogens with zero attached hydrogens (tertiary/aromatic N) is 2. The van der Waals surface area contributed by atoms with Crippen LogP contribution in [0.3, 0.4) is 0 Å². The van der Waals surface area contributed by atoms with Crippen LogP contribution >= 0.6 is 0 Å². The molecule has 0 aliphatic carbocycles. The summed E-state index contributed by atoms with van der Waals surface area (Å²) in [7, 11) is 1.63. The molecule has 0 aliphatic rings. The number of fused-ring (bicyclic) bond motifs is 1. The number of methoxy groups -OCH3 is 1. The molecule has 0 bridgehead atoms. The number of anilines is 1. The van der Waals surface area contributed by atoms with Crippen molar-refractivity contribution < 1.29 is 4.74 Å². The minimum Gasteiger partial charge on any atom is -0.497 e. The lowest BCUT2D eigenvalue weighted by atomic mass is 10.1. The second-order valence-electron chi connectivity index (χ2n) is 4.11. The fraction of sp³-hybridized carbons (Fsp3) is 0.333. The summed E-state index contributed by atoms with van der Waals surface area (Å²) in [5, 5.41) is 0.887. The molecule has 0 spiro atoms. The first-order valence-corrected chi connectivity index (χ1v) is 5.48. The normalized spacial score (nSPS) is 10.9. The van der Waals surface area contributed by atoms with Gasteiger partial charge in [-0.1, -0.05) is 13.8 Å². The van der Waals surface area contributed by atoms with E-state index in [1.165, 1.54) is 0 Å². The Kier molecular flexibility index (Phi) is 3.10.